The Morgan fingerprint density at radius 3 is 1.90 bits per heavy atom. The van der Waals surface area contributed by atoms with E-state index in [2.05, 4.69) is 77.6 Å². The molecular weight excluding hydrogens is 516 g/mol. The molecule has 0 aliphatic heterocycles. The molecule has 1 aromatic rings. The summed E-state index contributed by atoms with van der Waals surface area (Å²) in [7, 11) is 0. The fourth-order valence-electron chi connectivity index (χ4n) is 2.39. The van der Waals surface area contributed by atoms with Gasteiger partial charge >= 0.3 is 0 Å². The van der Waals surface area contributed by atoms with Gasteiger partial charge in [-0.25, -0.2) is 0 Å². The monoisotopic (exact) mass is 532 g/mol. The van der Waals surface area contributed by atoms with Crippen molar-refractivity contribution in [1.82, 2.24) is 0 Å². The van der Waals surface area contributed by atoms with Crippen molar-refractivity contribution in [3.8, 4) is 5.75 Å². The van der Waals surface area contributed by atoms with Gasteiger partial charge in [-0.2, -0.15) is 0 Å². The molecule has 0 N–H and O–H groups in total. The maximum Gasteiger partial charge on any atom is 0.147 e. The van der Waals surface area contributed by atoms with Crippen LogP contribution in [-0.2, 0) is 0 Å². The van der Waals surface area contributed by atoms with E-state index < -0.39 is 0 Å². The molecule has 0 saturated heterocycles. The van der Waals surface area contributed by atoms with Gasteiger partial charge in [0.15, 0.2) is 0 Å². The van der Waals surface area contributed by atoms with E-state index in [1.54, 1.807) is 0 Å². The molecule has 0 unspecified atom stereocenters. The van der Waals surface area contributed by atoms with Gasteiger partial charge in [-0.05, 0) is 56.8 Å². The number of halogens is 4. The summed E-state index contributed by atoms with van der Waals surface area (Å²) in [4.78, 5) is 0. The fourth-order valence-corrected chi connectivity index (χ4v) is 5.60. The zero-order chi connectivity index (χ0) is 15.2. The van der Waals surface area contributed by atoms with Gasteiger partial charge < -0.3 is 4.74 Å². The van der Waals surface area contributed by atoms with Crippen LogP contribution in [0.3, 0.4) is 0 Å². The van der Waals surface area contributed by atoms with E-state index >= 15 is 0 Å². The highest BCUT2D eigenvalue weighted by Gasteiger charge is 2.28. The van der Waals surface area contributed by atoms with Crippen molar-refractivity contribution in [1.29, 1.82) is 0 Å². The molecule has 0 heterocycles. The average molecular weight is 536 g/mol. The second-order valence-corrected chi connectivity index (χ2v) is 8.31. The summed E-state index contributed by atoms with van der Waals surface area (Å²) < 4.78 is 9.10. The summed E-state index contributed by atoms with van der Waals surface area (Å²) >= 11 is 14.3. The Morgan fingerprint density at radius 2 is 1.50 bits per heavy atom. The summed E-state index contributed by atoms with van der Waals surface area (Å²) in [6.07, 6.45) is 4.71. The van der Waals surface area contributed by atoms with Crippen LogP contribution in [0, 0.1) is 5.41 Å². The zero-order valence-electron chi connectivity index (χ0n) is 11.8. The molecule has 0 aliphatic rings. The Hall–Kier alpha value is 0.940. The minimum atomic E-state index is 0.218. The van der Waals surface area contributed by atoms with Gasteiger partial charge in [0.1, 0.15) is 5.75 Å². The minimum absolute atomic E-state index is 0.218. The maximum atomic E-state index is 6.14. The van der Waals surface area contributed by atoms with E-state index in [0.29, 0.717) is 0 Å². The van der Waals surface area contributed by atoms with Crippen molar-refractivity contribution in [3.63, 3.8) is 0 Å². The van der Waals surface area contributed by atoms with Crippen molar-refractivity contribution in [2.75, 3.05) is 11.9 Å². The average Bonchev–Trinajstić information content (AvgIpc) is 2.37. The second kappa shape index (κ2) is 9.16. The lowest BCUT2D eigenvalue weighted by atomic mass is 9.82. The first-order valence-electron chi connectivity index (χ1n) is 6.81. The molecular formula is C15H20Br4O. The van der Waals surface area contributed by atoms with Crippen molar-refractivity contribution >= 4 is 63.7 Å². The Balaban J connectivity index is 2.87. The molecule has 20 heavy (non-hydrogen) atoms. The predicted molar refractivity (Wildman–Crippen MR) is 101 cm³/mol. The fraction of sp³-hybridized carbons (Fsp3) is 0.600. The number of hydrogen-bond acceptors (Lipinski definition) is 1. The van der Waals surface area contributed by atoms with Crippen molar-refractivity contribution in [2.45, 2.75) is 39.5 Å². The lowest BCUT2D eigenvalue weighted by molar-refractivity contribution is 0.143. The molecule has 1 rings (SSSR count). The molecule has 0 bridgehead atoms. The Bertz CT molecular complexity index is 405. The second-order valence-electron chi connectivity index (χ2n) is 5.12. The van der Waals surface area contributed by atoms with Gasteiger partial charge in [0.25, 0.3) is 0 Å². The van der Waals surface area contributed by atoms with Crippen LogP contribution in [0.1, 0.15) is 39.5 Å². The van der Waals surface area contributed by atoms with Crippen molar-refractivity contribution in [2.24, 2.45) is 5.41 Å². The Morgan fingerprint density at radius 1 is 1.00 bits per heavy atom. The van der Waals surface area contributed by atoms with Crippen molar-refractivity contribution < 1.29 is 4.74 Å². The molecule has 0 radical (unpaired) electrons. The van der Waals surface area contributed by atoms with Crippen LogP contribution in [0.2, 0.25) is 0 Å². The number of hydrogen-bond donors (Lipinski definition) is 0. The molecule has 1 aromatic carbocycles. The third-order valence-electron chi connectivity index (χ3n) is 3.33. The molecule has 0 fully saturated rings. The van der Waals surface area contributed by atoms with Crippen LogP contribution < -0.4 is 4.74 Å². The minimum Gasteiger partial charge on any atom is -0.491 e. The van der Waals surface area contributed by atoms with Crippen molar-refractivity contribution in [3.05, 3.63) is 25.6 Å². The first-order valence-corrected chi connectivity index (χ1v) is 10.3. The third kappa shape index (κ3) is 5.29. The standard InChI is InChI=1S/C15H20Br4O/c1-3-5-15(9-16,6-4-2)10-20-14-12(18)7-11(17)8-13(14)19/h7-8H,3-6,9-10H2,1-2H3. The van der Waals surface area contributed by atoms with Crippen LogP contribution in [0.5, 0.6) is 5.75 Å². The van der Waals surface area contributed by atoms with Gasteiger partial charge in [-0.1, -0.05) is 58.5 Å². The lowest BCUT2D eigenvalue weighted by Crippen LogP contribution is -2.30. The number of rotatable bonds is 8. The smallest absolute Gasteiger partial charge is 0.147 e. The summed E-state index contributed by atoms with van der Waals surface area (Å²) in [5.41, 5.74) is 0.218. The molecule has 0 amide bonds. The van der Waals surface area contributed by atoms with Crippen LogP contribution in [-0.4, -0.2) is 11.9 Å². The highest BCUT2D eigenvalue weighted by atomic mass is 79.9. The zero-order valence-corrected chi connectivity index (χ0v) is 18.2. The van der Waals surface area contributed by atoms with Crippen LogP contribution in [0.4, 0.5) is 0 Å². The lowest BCUT2D eigenvalue weighted by Gasteiger charge is -2.31. The van der Waals surface area contributed by atoms with Crippen LogP contribution in [0.15, 0.2) is 25.6 Å². The molecule has 0 atom stereocenters. The van der Waals surface area contributed by atoms with E-state index in [1.807, 2.05) is 12.1 Å². The Labute approximate surface area is 155 Å². The highest BCUT2D eigenvalue weighted by molar-refractivity contribution is 9.11. The largest absolute Gasteiger partial charge is 0.491 e. The summed E-state index contributed by atoms with van der Waals surface area (Å²) in [5, 5.41) is 0.980. The SMILES string of the molecule is CCCC(CBr)(CCC)COc1c(Br)cc(Br)cc1Br. The van der Waals surface area contributed by atoms with Gasteiger partial charge in [-0.3, -0.25) is 0 Å². The first kappa shape index (κ1) is 19.0. The predicted octanol–water partition coefficient (Wildman–Crippen LogP) is 7.33. The van der Waals surface area contributed by atoms with Gasteiger partial charge in [-0.15, -0.1) is 0 Å². The van der Waals surface area contributed by atoms with Gasteiger partial charge in [0, 0.05) is 15.2 Å². The van der Waals surface area contributed by atoms with Gasteiger partial charge in [0.2, 0.25) is 0 Å². The summed E-state index contributed by atoms with van der Waals surface area (Å²) in [6, 6.07) is 4.02. The first-order chi connectivity index (χ1) is 9.48. The number of ether oxygens (including phenoxy) is 1. The quantitative estimate of drug-likeness (QED) is 0.317. The third-order valence-corrected chi connectivity index (χ3v) is 6.16. The normalized spacial score (nSPS) is 11.7. The molecule has 0 aliphatic carbocycles. The highest BCUT2D eigenvalue weighted by Crippen LogP contribution is 2.39. The molecule has 0 saturated carbocycles. The Kier molecular flexibility index (Phi) is 8.70. The summed E-state index contributed by atoms with van der Waals surface area (Å²) in [5.74, 6) is 0.880. The van der Waals surface area contributed by atoms with E-state index in [4.69, 9.17) is 4.74 Å². The number of alkyl halides is 1. The molecule has 1 nitrogen and oxygen atoms in total. The van der Waals surface area contributed by atoms with Crippen LogP contribution >= 0.6 is 63.7 Å². The van der Waals surface area contributed by atoms with Crippen LogP contribution in [0.25, 0.3) is 0 Å². The number of benzene rings is 1. The van der Waals surface area contributed by atoms with E-state index in [1.165, 1.54) is 25.7 Å². The van der Waals surface area contributed by atoms with Gasteiger partial charge in [0.05, 0.1) is 15.6 Å². The molecule has 5 heteroatoms. The molecule has 0 spiro atoms. The molecule has 114 valence electrons. The van der Waals surface area contributed by atoms with E-state index in [9.17, 15) is 0 Å². The topological polar surface area (TPSA) is 9.23 Å². The van der Waals surface area contributed by atoms with E-state index in [0.717, 1.165) is 31.1 Å². The molecule has 0 aromatic heterocycles. The summed E-state index contributed by atoms with van der Waals surface area (Å²) in [6.45, 7) is 5.20. The maximum absolute atomic E-state index is 6.14. The van der Waals surface area contributed by atoms with E-state index in [-0.39, 0.29) is 5.41 Å².